The highest BCUT2D eigenvalue weighted by atomic mass is 32.2. The van der Waals surface area contributed by atoms with E-state index < -0.39 is 9.84 Å². The second-order valence-electron chi connectivity index (χ2n) is 8.21. The number of benzene rings is 2. The van der Waals surface area contributed by atoms with Crippen LogP contribution in [0.25, 0.3) is 0 Å². The highest BCUT2D eigenvalue weighted by molar-refractivity contribution is 7.91. The number of sulfone groups is 1. The molecule has 0 aromatic heterocycles. The summed E-state index contributed by atoms with van der Waals surface area (Å²) in [5.41, 5.74) is 11.4. The Morgan fingerprint density at radius 2 is 1.47 bits per heavy atom. The molecule has 0 unspecified atom stereocenters. The van der Waals surface area contributed by atoms with Crippen molar-refractivity contribution in [3.8, 4) is 0 Å². The zero-order valence-electron chi connectivity index (χ0n) is 18.4. The molecule has 0 radical (unpaired) electrons. The number of piperazine rings is 1. The molecule has 0 atom stereocenters. The van der Waals surface area contributed by atoms with E-state index in [2.05, 4.69) is 4.99 Å². The molecule has 1 aliphatic carbocycles. The van der Waals surface area contributed by atoms with Crippen LogP contribution in [0.3, 0.4) is 0 Å². The molecule has 11 heteroatoms. The second-order valence-corrected chi connectivity index (χ2v) is 10.2. The first-order valence-electron chi connectivity index (χ1n) is 10.8. The van der Waals surface area contributed by atoms with E-state index in [0.717, 1.165) is 0 Å². The van der Waals surface area contributed by atoms with Crippen molar-refractivity contribution in [2.45, 2.75) is 11.3 Å². The first kappa shape index (κ1) is 23.6. The molecule has 1 fully saturated rings. The van der Waals surface area contributed by atoms with E-state index in [0.29, 0.717) is 31.7 Å². The van der Waals surface area contributed by atoms with Crippen molar-refractivity contribution in [3.63, 3.8) is 0 Å². The molecule has 2 aliphatic rings. The fourth-order valence-corrected chi connectivity index (χ4v) is 5.61. The van der Waals surface area contributed by atoms with Crippen LogP contribution < -0.4 is 11.5 Å². The monoisotopic (exact) mass is 483 g/mol. The van der Waals surface area contributed by atoms with Gasteiger partial charge < -0.3 is 16.4 Å². The predicted octanol–water partition coefficient (Wildman–Crippen LogP) is 0.000900. The van der Waals surface area contributed by atoms with Crippen molar-refractivity contribution in [1.82, 2.24) is 9.80 Å². The lowest BCUT2D eigenvalue weighted by atomic mass is 9.84. The van der Waals surface area contributed by atoms with Gasteiger partial charge in [-0.2, -0.15) is 0 Å². The van der Waals surface area contributed by atoms with E-state index in [1.54, 1.807) is 34.1 Å². The van der Waals surface area contributed by atoms with Gasteiger partial charge in [-0.1, -0.05) is 24.3 Å². The molecule has 178 valence electrons. The number of guanidine groups is 1. The Kier molecular flexibility index (Phi) is 6.49. The number of aliphatic imine (C=N–C) groups is 1. The molecule has 0 saturated carbocycles. The van der Waals surface area contributed by atoms with Crippen LogP contribution in [0.4, 0.5) is 0 Å². The van der Waals surface area contributed by atoms with E-state index in [1.807, 2.05) is 0 Å². The molecular weight excluding hydrogens is 458 g/mol. The lowest BCUT2D eigenvalue weighted by Crippen LogP contribution is -2.50. The van der Waals surface area contributed by atoms with Crippen LogP contribution in [-0.4, -0.2) is 80.3 Å². The smallest absolute Gasteiger partial charge is 0.224 e. The summed E-state index contributed by atoms with van der Waals surface area (Å²) in [4.78, 5) is 45.1. The lowest BCUT2D eigenvalue weighted by Gasteiger charge is -2.34. The van der Waals surface area contributed by atoms with Gasteiger partial charge in [-0.05, 0) is 18.2 Å². The minimum Gasteiger partial charge on any atom is -0.370 e. The van der Waals surface area contributed by atoms with Crippen molar-refractivity contribution < 1.29 is 22.8 Å². The first-order valence-corrected chi connectivity index (χ1v) is 12.4. The molecule has 2 aromatic carbocycles. The predicted molar refractivity (Wildman–Crippen MR) is 125 cm³/mol. The van der Waals surface area contributed by atoms with E-state index in [4.69, 9.17) is 11.5 Å². The summed E-state index contributed by atoms with van der Waals surface area (Å²) < 4.78 is 26.2. The van der Waals surface area contributed by atoms with Crippen LogP contribution in [-0.2, 0) is 14.6 Å². The Bertz CT molecular complexity index is 1290. The van der Waals surface area contributed by atoms with E-state index in [9.17, 15) is 22.8 Å². The third kappa shape index (κ3) is 4.70. The highest BCUT2D eigenvalue weighted by Crippen LogP contribution is 2.29. The summed E-state index contributed by atoms with van der Waals surface area (Å²) in [6.45, 7) is 1.78. The molecular formula is C23H25N5O5S. The Morgan fingerprint density at radius 1 is 0.882 bits per heavy atom. The standard InChI is InChI=1S/C23H25N5O5S/c24-23(25)26-8-7-20(29)28-11-9-27(10-12-28)14-34(32,33)15-5-6-18-19(13-15)22(31)17-4-2-1-3-16(17)21(18)30/h1-6,13H,7-12,14H2,(H4,24,25,26). The third-order valence-corrected chi connectivity index (χ3v) is 7.63. The first-order chi connectivity index (χ1) is 16.2. The van der Waals surface area contributed by atoms with Crippen molar-refractivity contribution in [2.24, 2.45) is 16.5 Å². The minimum absolute atomic E-state index is 0.0116. The minimum atomic E-state index is -3.76. The molecule has 34 heavy (non-hydrogen) atoms. The van der Waals surface area contributed by atoms with Crippen LogP contribution >= 0.6 is 0 Å². The quantitative estimate of drug-likeness (QED) is 0.366. The van der Waals surface area contributed by atoms with E-state index >= 15 is 0 Å². The van der Waals surface area contributed by atoms with Crippen LogP contribution in [0.5, 0.6) is 0 Å². The van der Waals surface area contributed by atoms with Gasteiger partial charge in [0.25, 0.3) is 0 Å². The van der Waals surface area contributed by atoms with Gasteiger partial charge in [-0.15, -0.1) is 0 Å². The van der Waals surface area contributed by atoms with E-state index in [-0.39, 0.29) is 63.9 Å². The number of carbonyl (C=O) groups is 3. The number of hydrogen-bond acceptors (Lipinski definition) is 7. The summed E-state index contributed by atoms with van der Waals surface area (Å²) in [7, 11) is -3.76. The summed E-state index contributed by atoms with van der Waals surface area (Å²) in [5, 5.41) is 0. The molecule has 2 aromatic rings. The molecule has 4 N–H and O–H groups in total. The molecule has 1 saturated heterocycles. The van der Waals surface area contributed by atoms with Gasteiger partial charge in [0, 0.05) is 54.9 Å². The zero-order valence-corrected chi connectivity index (χ0v) is 19.3. The normalized spacial score (nSPS) is 16.1. The summed E-state index contributed by atoms with van der Waals surface area (Å²) in [5.74, 6) is -1.07. The van der Waals surface area contributed by atoms with Gasteiger partial charge in [-0.25, -0.2) is 8.42 Å². The zero-order chi connectivity index (χ0) is 24.5. The van der Waals surface area contributed by atoms with Crippen LogP contribution in [0.15, 0.2) is 52.4 Å². The molecule has 0 spiro atoms. The van der Waals surface area contributed by atoms with Gasteiger partial charge in [0.1, 0.15) is 5.88 Å². The molecule has 4 rings (SSSR count). The lowest BCUT2D eigenvalue weighted by molar-refractivity contribution is -0.132. The van der Waals surface area contributed by atoms with Gasteiger partial charge in [0.05, 0.1) is 11.4 Å². The summed E-state index contributed by atoms with van der Waals surface area (Å²) in [6, 6.07) is 10.6. The largest absolute Gasteiger partial charge is 0.370 e. The number of nitrogens with two attached hydrogens (primary N) is 2. The molecule has 1 heterocycles. The van der Waals surface area contributed by atoms with Crippen LogP contribution in [0.1, 0.15) is 38.3 Å². The second kappa shape index (κ2) is 9.35. The SMILES string of the molecule is NC(N)=NCCC(=O)N1CCN(CS(=O)(=O)c2ccc3c(c2)C(=O)c2ccccc2C3=O)CC1. The van der Waals surface area contributed by atoms with Crippen LogP contribution in [0, 0.1) is 0 Å². The Labute approximate surface area is 197 Å². The van der Waals surface area contributed by atoms with Gasteiger partial charge in [0.15, 0.2) is 27.4 Å². The summed E-state index contributed by atoms with van der Waals surface area (Å²) >= 11 is 0. The molecule has 10 nitrogen and oxygen atoms in total. The van der Waals surface area contributed by atoms with Gasteiger partial charge >= 0.3 is 0 Å². The molecule has 1 aliphatic heterocycles. The Hall–Kier alpha value is -3.57. The number of amides is 1. The van der Waals surface area contributed by atoms with Gasteiger partial charge in [0.2, 0.25) is 5.91 Å². The van der Waals surface area contributed by atoms with Crippen molar-refractivity contribution in [2.75, 3.05) is 38.6 Å². The number of nitrogens with zero attached hydrogens (tertiary/aromatic N) is 3. The van der Waals surface area contributed by atoms with Gasteiger partial charge in [-0.3, -0.25) is 24.3 Å². The average Bonchev–Trinajstić information content (AvgIpc) is 2.82. The molecule has 0 bridgehead atoms. The maximum atomic E-state index is 13.1. The van der Waals surface area contributed by atoms with E-state index in [1.165, 1.54) is 18.2 Å². The van der Waals surface area contributed by atoms with Crippen molar-refractivity contribution >= 4 is 33.3 Å². The number of fused-ring (bicyclic) bond motifs is 2. The Balaban J connectivity index is 1.43. The summed E-state index contributed by atoms with van der Waals surface area (Å²) in [6.07, 6.45) is 0.182. The number of carbonyl (C=O) groups excluding carboxylic acids is 3. The number of ketones is 2. The fourth-order valence-electron chi connectivity index (χ4n) is 4.15. The van der Waals surface area contributed by atoms with Crippen molar-refractivity contribution in [3.05, 3.63) is 64.7 Å². The maximum absolute atomic E-state index is 13.1. The number of rotatable bonds is 6. The number of hydrogen-bond donors (Lipinski definition) is 2. The highest BCUT2D eigenvalue weighted by Gasteiger charge is 2.31. The molecule has 1 amide bonds. The van der Waals surface area contributed by atoms with Crippen molar-refractivity contribution in [1.29, 1.82) is 0 Å². The van der Waals surface area contributed by atoms with Crippen LogP contribution in [0.2, 0.25) is 0 Å². The Morgan fingerprint density at radius 3 is 2.09 bits per heavy atom. The topological polar surface area (TPSA) is 156 Å². The average molecular weight is 484 g/mol. The maximum Gasteiger partial charge on any atom is 0.224 e. The third-order valence-electron chi connectivity index (χ3n) is 5.95. The fraction of sp³-hybridized carbons (Fsp3) is 0.304.